The molecule has 130 valence electrons. The Balaban J connectivity index is 1.95. The zero-order valence-electron chi connectivity index (χ0n) is 13.3. The van der Waals surface area contributed by atoms with Crippen LogP contribution in [-0.4, -0.2) is 25.7 Å². The molecule has 0 heterocycles. The van der Waals surface area contributed by atoms with Gasteiger partial charge in [0, 0.05) is 5.39 Å². The van der Waals surface area contributed by atoms with Crippen LogP contribution < -0.4 is 15.6 Å². The van der Waals surface area contributed by atoms with E-state index in [4.69, 9.17) is 0 Å². The molecule has 0 saturated carbocycles. The number of anilines is 2. The van der Waals surface area contributed by atoms with Crippen LogP contribution >= 0.6 is 0 Å². The second kappa shape index (κ2) is 6.50. The number of fused-ring (bicyclic) bond motifs is 1. The number of rotatable bonds is 5. The van der Waals surface area contributed by atoms with Gasteiger partial charge in [0.2, 0.25) is 10.0 Å². The maximum atomic E-state index is 11.9. The number of hydrogen-bond acceptors (Lipinski definition) is 6. The molecule has 0 saturated heterocycles. The average Bonchev–Trinajstić information content (AvgIpc) is 2.62. The Hall–Kier alpha value is -2.97. The molecule has 25 heavy (non-hydrogen) atoms. The van der Waals surface area contributed by atoms with Crippen molar-refractivity contribution in [3.63, 3.8) is 0 Å². The normalized spacial score (nSPS) is 11.4. The van der Waals surface area contributed by atoms with E-state index in [1.807, 2.05) is 24.3 Å². The quantitative estimate of drug-likeness (QED) is 0.354. The van der Waals surface area contributed by atoms with Crippen molar-refractivity contribution in [1.29, 1.82) is 0 Å². The number of sulfonamides is 1. The molecule has 0 bridgehead atoms. The lowest BCUT2D eigenvalue weighted by Crippen LogP contribution is -2.19. The van der Waals surface area contributed by atoms with E-state index in [9.17, 15) is 18.6 Å². The summed E-state index contributed by atoms with van der Waals surface area (Å²) in [5, 5.41) is 21.7. The fraction of sp³-hybridized carbons (Fsp3) is 0.0588. The summed E-state index contributed by atoms with van der Waals surface area (Å²) in [5.41, 5.74) is 6.15. The maximum absolute atomic E-state index is 11.9. The van der Waals surface area contributed by atoms with Crippen LogP contribution in [0.5, 0.6) is 11.5 Å². The molecule has 5 N–H and O–H groups in total. The third-order valence-electron chi connectivity index (χ3n) is 3.78. The van der Waals surface area contributed by atoms with Gasteiger partial charge >= 0.3 is 0 Å². The summed E-state index contributed by atoms with van der Waals surface area (Å²) in [5.74, 6) is -0.119. The molecule has 8 heteroatoms. The van der Waals surface area contributed by atoms with E-state index in [2.05, 4.69) is 15.6 Å². The smallest absolute Gasteiger partial charge is 0.240 e. The highest BCUT2D eigenvalue weighted by molar-refractivity contribution is 7.89. The largest absolute Gasteiger partial charge is 0.506 e. The SMILES string of the molecule is CNS(=O)(=O)c1ccc(O)c(NNc2c(O)ccc3ccccc23)c1. The summed E-state index contributed by atoms with van der Waals surface area (Å²) in [7, 11) is -2.33. The van der Waals surface area contributed by atoms with E-state index in [1.165, 1.54) is 25.2 Å². The molecule has 7 nitrogen and oxygen atoms in total. The molecule has 0 fully saturated rings. The van der Waals surface area contributed by atoms with Gasteiger partial charge in [0.25, 0.3) is 0 Å². The Labute approximate surface area is 145 Å². The van der Waals surface area contributed by atoms with Crippen molar-refractivity contribution in [3.8, 4) is 11.5 Å². The molecule has 3 aromatic carbocycles. The van der Waals surface area contributed by atoms with Crippen molar-refractivity contribution < 1.29 is 18.6 Å². The highest BCUT2D eigenvalue weighted by Gasteiger charge is 2.14. The van der Waals surface area contributed by atoms with Gasteiger partial charge in [0.15, 0.2) is 0 Å². The van der Waals surface area contributed by atoms with Gasteiger partial charge in [-0.05, 0) is 36.7 Å². The Bertz CT molecular complexity index is 1040. The van der Waals surface area contributed by atoms with Crippen LogP contribution in [0.4, 0.5) is 11.4 Å². The van der Waals surface area contributed by atoms with Crippen molar-refractivity contribution in [2.75, 3.05) is 17.9 Å². The number of nitrogens with one attached hydrogen (secondary N) is 3. The Morgan fingerprint density at radius 2 is 1.60 bits per heavy atom. The van der Waals surface area contributed by atoms with Crippen molar-refractivity contribution in [2.24, 2.45) is 0 Å². The minimum Gasteiger partial charge on any atom is -0.506 e. The lowest BCUT2D eigenvalue weighted by Gasteiger charge is -2.15. The third kappa shape index (κ3) is 3.30. The van der Waals surface area contributed by atoms with E-state index in [0.29, 0.717) is 5.69 Å². The van der Waals surface area contributed by atoms with Gasteiger partial charge in [-0.25, -0.2) is 13.1 Å². The first-order chi connectivity index (χ1) is 11.9. The van der Waals surface area contributed by atoms with Crippen molar-refractivity contribution in [1.82, 2.24) is 4.72 Å². The minimum absolute atomic E-state index is 0.000702. The molecule has 0 aliphatic heterocycles. The molecule has 0 spiro atoms. The fourth-order valence-corrected chi connectivity index (χ4v) is 3.18. The van der Waals surface area contributed by atoms with E-state index >= 15 is 0 Å². The zero-order valence-corrected chi connectivity index (χ0v) is 14.1. The molecule has 0 aliphatic rings. The number of phenols is 2. The number of phenolic OH excluding ortho intramolecular Hbond substituents is 2. The number of benzene rings is 3. The second-order valence-corrected chi connectivity index (χ2v) is 7.20. The van der Waals surface area contributed by atoms with Crippen LogP contribution in [0.15, 0.2) is 59.5 Å². The standard InChI is InChI=1S/C17H17N3O4S/c1-18-25(23,24)12-7-9-15(21)14(10-12)19-20-17-13-5-3-2-4-11(13)6-8-16(17)22/h2-10,18-22H,1H3. The summed E-state index contributed by atoms with van der Waals surface area (Å²) < 4.78 is 26.0. The van der Waals surface area contributed by atoms with Gasteiger partial charge in [-0.2, -0.15) is 0 Å². The minimum atomic E-state index is -3.64. The highest BCUT2D eigenvalue weighted by atomic mass is 32.2. The summed E-state index contributed by atoms with van der Waals surface area (Å²) in [4.78, 5) is -0.000702. The summed E-state index contributed by atoms with van der Waals surface area (Å²) in [6.07, 6.45) is 0. The van der Waals surface area contributed by atoms with E-state index in [0.717, 1.165) is 10.8 Å². The van der Waals surface area contributed by atoms with Crippen LogP contribution in [0.3, 0.4) is 0 Å². The molecule has 0 atom stereocenters. The molecule has 0 aromatic heterocycles. The van der Waals surface area contributed by atoms with Gasteiger partial charge in [-0.1, -0.05) is 30.3 Å². The van der Waals surface area contributed by atoms with Crippen molar-refractivity contribution in [3.05, 3.63) is 54.6 Å². The van der Waals surface area contributed by atoms with E-state index < -0.39 is 10.0 Å². The van der Waals surface area contributed by atoms with Crippen LogP contribution in [-0.2, 0) is 10.0 Å². The first-order valence-electron chi connectivity index (χ1n) is 7.41. The van der Waals surface area contributed by atoms with Crippen LogP contribution in [0.1, 0.15) is 0 Å². The predicted octanol–water partition coefficient (Wildman–Crippen LogP) is 2.60. The van der Waals surface area contributed by atoms with E-state index in [1.54, 1.807) is 12.1 Å². The van der Waals surface area contributed by atoms with E-state index in [-0.39, 0.29) is 22.1 Å². The van der Waals surface area contributed by atoms with Crippen LogP contribution in [0.25, 0.3) is 10.8 Å². The predicted molar refractivity (Wildman–Crippen MR) is 97.2 cm³/mol. The molecule has 0 unspecified atom stereocenters. The first-order valence-corrected chi connectivity index (χ1v) is 8.90. The summed E-state index contributed by atoms with van der Waals surface area (Å²) in [6, 6.07) is 14.6. The third-order valence-corrected chi connectivity index (χ3v) is 5.19. The summed E-state index contributed by atoms with van der Waals surface area (Å²) in [6.45, 7) is 0. The van der Waals surface area contributed by atoms with Gasteiger partial charge in [0.1, 0.15) is 17.2 Å². The molecular formula is C17H17N3O4S. The van der Waals surface area contributed by atoms with Crippen LogP contribution in [0.2, 0.25) is 0 Å². The van der Waals surface area contributed by atoms with Crippen molar-refractivity contribution in [2.45, 2.75) is 4.90 Å². The lowest BCUT2D eigenvalue weighted by atomic mass is 10.1. The number of hydrogen-bond donors (Lipinski definition) is 5. The molecule has 3 rings (SSSR count). The average molecular weight is 359 g/mol. The van der Waals surface area contributed by atoms with Crippen molar-refractivity contribution >= 4 is 32.2 Å². The topological polar surface area (TPSA) is 111 Å². The highest BCUT2D eigenvalue weighted by Crippen LogP contribution is 2.33. The Morgan fingerprint density at radius 1 is 0.880 bits per heavy atom. The fourth-order valence-electron chi connectivity index (χ4n) is 2.42. The monoisotopic (exact) mass is 359 g/mol. The molecular weight excluding hydrogens is 342 g/mol. The molecule has 0 radical (unpaired) electrons. The molecule has 3 aromatic rings. The number of aromatic hydroxyl groups is 2. The summed E-state index contributed by atoms with van der Waals surface area (Å²) >= 11 is 0. The maximum Gasteiger partial charge on any atom is 0.240 e. The Kier molecular flexibility index (Phi) is 4.39. The van der Waals surface area contributed by atoms with Crippen LogP contribution in [0, 0.1) is 0 Å². The van der Waals surface area contributed by atoms with Gasteiger partial charge in [0.05, 0.1) is 10.6 Å². The first kappa shape index (κ1) is 16.9. The van der Waals surface area contributed by atoms with Gasteiger partial charge in [-0.3, -0.25) is 10.9 Å². The lowest BCUT2D eigenvalue weighted by molar-refractivity contribution is 0.475. The number of hydrazine groups is 1. The zero-order chi connectivity index (χ0) is 18.0. The van der Waals surface area contributed by atoms with Gasteiger partial charge in [-0.15, -0.1) is 0 Å². The second-order valence-electron chi connectivity index (χ2n) is 5.32. The molecule has 0 aliphatic carbocycles. The van der Waals surface area contributed by atoms with Gasteiger partial charge < -0.3 is 10.2 Å². The molecule has 0 amide bonds. The Morgan fingerprint density at radius 3 is 2.36 bits per heavy atom.